The van der Waals surface area contributed by atoms with Crippen molar-refractivity contribution in [2.45, 2.75) is 76.6 Å². The second kappa shape index (κ2) is 9.64. The van der Waals surface area contributed by atoms with E-state index in [1.807, 2.05) is 0 Å². The van der Waals surface area contributed by atoms with Crippen molar-refractivity contribution in [3.05, 3.63) is 29.8 Å². The van der Waals surface area contributed by atoms with Gasteiger partial charge in [0.15, 0.2) is 5.82 Å². The van der Waals surface area contributed by atoms with Crippen LogP contribution in [0, 0.1) is 0 Å². The number of aromatic nitrogens is 3. The van der Waals surface area contributed by atoms with E-state index in [4.69, 9.17) is 14.0 Å². The van der Waals surface area contributed by atoms with Gasteiger partial charge in [-0.3, -0.25) is 4.98 Å². The monoisotopic (exact) mass is 430 g/mol. The van der Waals surface area contributed by atoms with Gasteiger partial charge >= 0.3 is 12.0 Å². The molecular formula is C22H30N4O5. The van der Waals surface area contributed by atoms with Crippen LogP contribution in [0.3, 0.4) is 0 Å². The zero-order valence-corrected chi connectivity index (χ0v) is 18.1. The van der Waals surface area contributed by atoms with Crippen molar-refractivity contribution in [3.63, 3.8) is 0 Å². The fourth-order valence-corrected chi connectivity index (χ4v) is 4.16. The number of hydrogen-bond acceptors (Lipinski definition) is 8. The average Bonchev–Trinajstić information content (AvgIpc) is 3.27. The third-order valence-electron chi connectivity index (χ3n) is 5.97. The lowest BCUT2D eigenvalue weighted by Gasteiger charge is -2.35. The van der Waals surface area contributed by atoms with Crippen LogP contribution in [0.15, 0.2) is 23.0 Å². The Balaban J connectivity index is 1.21. The molecule has 0 unspecified atom stereocenters. The molecule has 1 aliphatic carbocycles. The summed E-state index contributed by atoms with van der Waals surface area (Å²) in [5, 5.41) is 13.3. The molecule has 2 aliphatic rings. The number of aromatic carboxylic acids is 1. The van der Waals surface area contributed by atoms with Crippen molar-refractivity contribution >= 4 is 12.0 Å². The summed E-state index contributed by atoms with van der Waals surface area (Å²) in [6.07, 6.45) is 8.78. The van der Waals surface area contributed by atoms with Gasteiger partial charge in [-0.1, -0.05) is 19.0 Å². The van der Waals surface area contributed by atoms with Crippen LogP contribution >= 0.6 is 0 Å². The van der Waals surface area contributed by atoms with E-state index in [1.54, 1.807) is 12.3 Å². The van der Waals surface area contributed by atoms with Crippen LogP contribution in [0.2, 0.25) is 0 Å². The molecular weight excluding hydrogens is 400 g/mol. The van der Waals surface area contributed by atoms with Gasteiger partial charge in [-0.25, -0.2) is 4.79 Å². The second-order valence-corrected chi connectivity index (χ2v) is 8.61. The predicted molar refractivity (Wildman–Crippen MR) is 113 cm³/mol. The van der Waals surface area contributed by atoms with Gasteiger partial charge in [0.25, 0.3) is 0 Å². The SMILES string of the molecule is CC(C)c1noc(N2CCC(O[C@H]3CC[C@H](Oc4ccncc4C(=O)O)CC3)CC2)n1. The van der Waals surface area contributed by atoms with Crippen molar-refractivity contribution in [2.75, 3.05) is 18.0 Å². The zero-order valence-electron chi connectivity index (χ0n) is 18.1. The minimum Gasteiger partial charge on any atom is -0.489 e. The molecule has 0 atom stereocenters. The first-order valence-electron chi connectivity index (χ1n) is 11.1. The fourth-order valence-electron chi connectivity index (χ4n) is 4.16. The van der Waals surface area contributed by atoms with E-state index in [0.29, 0.717) is 11.8 Å². The molecule has 1 saturated carbocycles. The van der Waals surface area contributed by atoms with Gasteiger partial charge < -0.3 is 24.0 Å². The van der Waals surface area contributed by atoms with Gasteiger partial charge in [0.1, 0.15) is 11.3 Å². The lowest BCUT2D eigenvalue weighted by atomic mass is 9.94. The summed E-state index contributed by atoms with van der Waals surface area (Å²) in [5.41, 5.74) is 0.106. The smallest absolute Gasteiger partial charge is 0.341 e. The van der Waals surface area contributed by atoms with Crippen molar-refractivity contribution in [1.29, 1.82) is 0 Å². The Kier molecular flexibility index (Phi) is 6.70. The molecule has 2 aromatic heterocycles. The van der Waals surface area contributed by atoms with E-state index in [-0.39, 0.29) is 29.8 Å². The summed E-state index contributed by atoms with van der Waals surface area (Å²) < 4.78 is 17.7. The first kappa shape index (κ1) is 21.5. The number of anilines is 1. The molecule has 168 valence electrons. The molecule has 0 amide bonds. The summed E-state index contributed by atoms with van der Waals surface area (Å²) in [7, 11) is 0. The normalized spacial score (nSPS) is 22.6. The largest absolute Gasteiger partial charge is 0.489 e. The van der Waals surface area contributed by atoms with Gasteiger partial charge in [0.2, 0.25) is 0 Å². The quantitative estimate of drug-likeness (QED) is 0.703. The van der Waals surface area contributed by atoms with Crippen molar-refractivity contribution in [3.8, 4) is 5.75 Å². The molecule has 0 radical (unpaired) electrons. The molecule has 9 nitrogen and oxygen atoms in total. The highest BCUT2D eigenvalue weighted by atomic mass is 16.5. The molecule has 0 spiro atoms. The lowest BCUT2D eigenvalue weighted by molar-refractivity contribution is -0.0531. The standard InChI is InChI=1S/C22H30N4O5/c1-14(2)20-24-22(31-25-20)26-11-8-17(9-12-26)29-15-3-5-16(6-4-15)30-19-7-10-23-13-18(19)21(27)28/h7,10,13-17H,3-6,8-9,11-12H2,1-2H3,(H,27,28)/t15-,16-. The summed E-state index contributed by atoms with van der Waals surface area (Å²) in [6.45, 7) is 5.80. The third kappa shape index (κ3) is 5.33. The molecule has 1 aliphatic heterocycles. The molecule has 3 heterocycles. The number of hydrogen-bond donors (Lipinski definition) is 1. The Hall–Kier alpha value is -2.68. The van der Waals surface area contributed by atoms with E-state index in [0.717, 1.165) is 57.4 Å². The van der Waals surface area contributed by atoms with Gasteiger partial charge in [-0.05, 0) is 44.6 Å². The van der Waals surface area contributed by atoms with Crippen LogP contribution in [0.1, 0.15) is 74.5 Å². The number of carbonyl (C=O) groups is 1. The number of rotatable bonds is 7. The van der Waals surface area contributed by atoms with Crippen molar-refractivity contribution in [1.82, 2.24) is 15.1 Å². The van der Waals surface area contributed by atoms with Gasteiger partial charge in [-0.15, -0.1) is 0 Å². The molecule has 0 bridgehead atoms. The van der Waals surface area contributed by atoms with Crippen LogP contribution in [-0.2, 0) is 4.74 Å². The van der Waals surface area contributed by atoms with Crippen LogP contribution in [0.5, 0.6) is 5.75 Å². The van der Waals surface area contributed by atoms with E-state index in [1.165, 1.54) is 6.20 Å². The highest BCUT2D eigenvalue weighted by Crippen LogP contribution is 2.30. The van der Waals surface area contributed by atoms with E-state index < -0.39 is 5.97 Å². The van der Waals surface area contributed by atoms with Crippen molar-refractivity contribution in [2.24, 2.45) is 0 Å². The van der Waals surface area contributed by atoms with Gasteiger partial charge in [-0.2, -0.15) is 4.98 Å². The summed E-state index contributed by atoms with van der Waals surface area (Å²) in [4.78, 5) is 21.8. The van der Waals surface area contributed by atoms with Gasteiger partial charge in [0, 0.05) is 31.4 Å². The van der Waals surface area contributed by atoms with Crippen molar-refractivity contribution < 1.29 is 23.9 Å². The topological polar surface area (TPSA) is 111 Å². The molecule has 2 aromatic rings. The first-order valence-corrected chi connectivity index (χ1v) is 11.1. The number of ether oxygens (including phenoxy) is 2. The third-order valence-corrected chi connectivity index (χ3v) is 5.97. The van der Waals surface area contributed by atoms with E-state index >= 15 is 0 Å². The number of carboxylic acid groups (broad SMARTS) is 1. The Morgan fingerprint density at radius 3 is 2.45 bits per heavy atom. The molecule has 4 rings (SSSR count). The Morgan fingerprint density at radius 1 is 1.13 bits per heavy atom. The van der Waals surface area contributed by atoms with Crippen LogP contribution in [0.4, 0.5) is 6.01 Å². The maximum absolute atomic E-state index is 11.3. The molecule has 1 N–H and O–H groups in total. The molecule has 31 heavy (non-hydrogen) atoms. The number of carboxylic acids is 1. The summed E-state index contributed by atoms with van der Waals surface area (Å²) in [6, 6.07) is 2.23. The minimum absolute atomic E-state index is 0.00915. The average molecular weight is 431 g/mol. The zero-order chi connectivity index (χ0) is 21.8. The second-order valence-electron chi connectivity index (χ2n) is 8.61. The van der Waals surface area contributed by atoms with Crippen LogP contribution in [-0.4, -0.2) is 57.6 Å². The van der Waals surface area contributed by atoms with Crippen LogP contribution in [0.25, 0.3) is 0 Å². The predicted octanol–water partition coefficient (Wildman–Crippen LogP) is 3.66. The number of nitrogens with zero attached hydrogens (tertiary/aromatic N) is 4. The highest BCUT2D eigenvalue weighted by molar-refractivity contribution is 5.90. The van der Waals surface area contributed by atoms with Crippen LogP contribution < -0.4 is 9.64 Å². The number of piperidine rings is 1. The first-order chi connectivity index (χ1) is 15.0. The van der Waals surface area contributed by atoms with E-state index in [2.05, 4.69) is 33.9 Å². The molecule has 1 saturated heterocycles. The summed E-state index contributed by atoms with van der Waals surface area (Å²) >= 11 is 0. The van der Waals surface area contributed by atoms with E-state index in [9.17, 15) is 9.90 Å². The number of pyridine rings is 1. The molecule has 9 heteroatoms. The molecule has 2 fully saturated rings. The Labute approximate surface area is 181 Å². The summed E-state index contributed by atoms with van der Waals surface area (Å²) in [5.74, 6) is 0.370. The molecule has 0 aromatic carbocycles. The Bertz CT molecular complexity index is 870. The Morgan fingerprint density at radius 2 is 1.81 bits per heavy atom. The lowest BCUT2D eigenvalue weighted by Crippen LogP contribution is -2.39. The highest BCUT2D eigenvalue weighted by Gasteiger charge is 2.29. The van der Waals surface area contributed by atoms with Gasteiger partial charge in [0.05, 0.1) is 18.3 Å². The maximum Gasteiger partial charge on any atom is 0.341 e. The minimum atomic E-state index is -1.02. The fraction of sp³-hybridized carbons (Fsp3) is 0.636. The maximum atomic E-state index is 11.3.